The zero-order valence-corrected chi connectivity index (χ0v) is 10.4. The van der Waals surface area contributed by atoms with Gasteiger partial charge in [0.05, 0.1) is 0 Å². The van der Waals surface area contributed by atoms with Gasteiger partial charge in [0.15, 0.2) is 0 Å². The molecule has 90 valence electrons. The van der Waals surface area contributed by atoms with Crippen molar-refractivity contribution in [1.29, 1.82) is 0 Å². The van der Waals surface area contributed by atoms with Gasteiger partial charge in [-0.1, -0.05) is 30.3 Å². The minimum Gasteiger partial charge on any atom is -0.382 e. The maximum Gasteiger partial charge on any atom is 0.0466 e. The van der Waals surface area contributed by atoms with Gasteiger partial charge in [-0.05, 0) is 38.3 Å². The van der Waals surface area contributed by atoms with E-state index in [0.29, 0.717) is 5.92 Å². The van der Waals surface area contributed by atoms with E-state index in [1.807, 2.05) is 14.0 Å². The minimum absolute atomic E-state index is 0.603. The number of benzene rings is 1. The molecule has 1 unspecified atom stereocenters. The van der Waals surface area contributed by atoms with E-state index < -0.39 is 0 Å². The largest absolute Gasteiger partial charge is 0.382 e. The van der Waals surface area contributed by atoms with Crippen LogP contribution >= 0.6 is 0 Å². The van der Waals surface area contributed by atoms with Crippen molar-refractivity contribution < 1.29 is 4.74 Å². The number of rotatable bonds is 8. The van der Waals surface area contributed by atoms with Crippen molar-refractivity contribution in [1.82, 2.24) is 5.32 Å². The van der Waals surface area contributed by atoms with Crippen LogP contribution in [0, 0.1) is 0 Å². The molecule has 16 heavy (non-hydrogen) atoms. The molecule has 0 radical (unpaired) electrons. The van der Waals surface area contributed by atoms with Gasteiger partial charge in [0.1, 0.15) is 0 Å². The third-order valence-corrected chi connectivity index (χ3v) is 2.77. The normalized spacial score (nSPS) is 12.6. The summed E-state index contributed by atoms with van der Waals surface area (Å²) < 4.78 is 5.38. The van der Waals surface area contributed by atoms with E-state index in [0.717, 1.165) is 26.2 Å². The molecule has 1 aromatic carbocycles. The highest BCUT2D eigenvalue weighted by Gasteiger charge is 2.09. The van der Waals surface area contributed by atoms with Gasteiger partial charge in [-0.15, -0.1) is 0 Å². The molecular formula is C14H23NO. The Hall–Kier alpha value is -0.860. The summed E-state index contributed by atoms with van der Waals surface area (Å²) in [4.78, 5) is 0. The van der Waals surface area contributed by atoms with Crippen LogP contribution in [0.3, 0.4) is 0 Å². The molecule has 2 heteroatoms. The quantitative estimate of drug-likeness (QED) is 0.682. The molecule has 0 fully saturated rings. The molecule has 1 atom stereocenters. The molecule has 0 spiro atoms. The van der Waals surface area contributed by atoms with Gasteiger partial charge >= 0.3 is 0 Å². The molecule has 0 heterocycles. The van der Waals surface area contributed by atoms with E-state index in [1.54, 1.807) is 0 Å². The molecule has 0 aliphatic rings. The Kier molecular flexibility index (Phi) is 6.86. The summed E-state index contributed by atoms with van der Waals surface area (Å²) in [5, 5.41) is 3.27. The maximum absolute atomic E-state index is 5.38. The van der Waals surface area contributed by atoms with Crippen LogP contribution in [-0.4, -0.2) is 26.8 Å². The number of hydrogen-bond acceptors (Lipinski definition) is 2. The Morgan fingerprint density at radius 3 is 2.62 bits per heavy atom. The number of likely N-dealkylation sites (N-methyl/N-ethyl adjacent to an activating group) is 1. The molecule has 0 saturated carbocycles. The molecule has 0 aliphatic heterocycles. The summed E-state index contributed by atoms with van der Waals surface area (Å²) in [5.41, 5.74) is 1.42. The lowest BCUT2D eigenvalue weighted by Gasteiger charge is -2.16. The van der Waals surface area contributed by atoms with Crippen LogP contribution in [0.2, 0.25) is 0 Å². The SMILES string of the molecule is CCOCCCC(CNC)c1ccccc1. The zero-order valence-electron chi connectivity index (χ0n) is 10.4. The monoisotopic (exact) mass is 221 g/mol. The molecule has 1 rings (SSSR count). The summed E-state index contributed by atoms with van der Waals surface area (Å²) in [6.07, 6.45) is 2.32. The first-order chi connectivity index (χ1) is 7.88. The van der Waals surface area contributed by atoms with E-state index in [2.05, 4.69) is 35.6 Å². The first-order valence-corrected chi connectivity index (χ1v) is 6.15. The first kappa shape index (κ1) is 13.2. The Labute approximate surface area is 99.0 Å². The standard InChI is InChI=1S/C14H23NO/c1-3-16-11-7-10-14(12-15-2)13-8-5-4-6-9-13/h4-6,8-9,14-15H,3,7,10-12H2,1-2H3. The average molecular weight is 221 g/mol. The van der Waals surface area contributed by atoms with E-state index in [4.69, 9.17) is 4.74 Å². The Morgan fingerprint density at radius 1 is 1.25 bits per heavy atom. The Morgan fingerprint density at radius 2 is 2.00 bits per heavy atom. The molecule has 0 amide bonds. The highest BCUT2D eigenvalue weighted by atomic mass is 16.5. The smallest absolute Gasteiger partial charge is 0.0466 e. The fraction of sp³-hybridized carbons (Fsp3) is 0.571. The van der Waals surface area contributed by atoms with Crippen molar-refractivity contribution in [2.45, 2.75) is 25.7 Å². The molecule has 1 aromatic rings. The predicted octanol–water partition coefficient (Wildman–Crippen LogP) is 2.81. The van der Waals surface area contributed by atoms with Crippen LogP contribution in [0.5, 0.6) is 0 Å². The third kappa shape index (κ3) is 4.77. The topological polar surface area (TPSA) is 21.3 Å². The van der Waals surface area contributed by atoms with Crippen molar-refractivity contribution in [2.75, 3.05) is 26.8 Å². The van der Waals surface area contributed by atoms with E-state index in [1.165, 1.54) is 12.0 Å². The van der Waals surface area contributed by atoms with Crippen LogP contribution in [-0.2, 0) is 4.74 Å². The van der Waals surface area contributed by atoms with Crippen molar-refractivity contribution in [2.24, 2.45) is 0 Å². The molecule has 1 N–H and O–H groups in total. The highest BCUT2D eigenvalue weighted by Crippen LogP contribution is 2.20. The van der Waals surface area contributed by atoms with E-state index in [-0.39, 0.29) is 0 Å². The summed E-state index contributed by atoms with van der Waals surface area (Å²) in [7, 11) is 2.01. The first-order valence-electron chi connectivity index (χ1n) is 6.15. The Bertz CT molecular complexity index is 261. The van der Waals surface area contributed by atoms with Gasteiger partial charge < -0.3 is 10.1 Å². The summed E-state index contributed by atoms with van der Waals surface area (Å²) in [6, 6.07) is 10.7. The van der Waals surface area contributed by atoms with E-state index in [9.17, 15) is 0 Å². The summed E-state index contributed by atoms with van der Waals surface area (Å²) in [6.45, 7) is 4.78. The maximum atomic E-state index is 5.38. The fourth-order valence-electron chi connectivity index (χ4n) is 1.93. The second-order valence-electron chi connectivity index (χ2n) is 4.00. The zero-order chi connectivity index (χ0) is 11.6. The van der Waals surface area contributed by atoms with Crippen LogP contribution in [0.1, 0.15) is 31.2 Å². The number of ether oxygens (including phenoxy) is 1. The lowest BCUT2D eigenvalue weighted by atomic mass is 9.94. The van der Waals surface area contributed by atoms with Crippen molar-refractivity contribution >= 4 is 0 Å². The fourth-order valence-corrected chi connectivity index (χ4v) is 1.93. The molecule has 0 bridgehead atoms. The number of nitrogens with one attached hydrogen (secondary N) is 1. The van der Waals surface area contributed by atoms with Gasteiger partial charge in [-0.3, -0.25) is 0 Å². The average Bonchev–Trinajstić information content (AvgIpc) is 2.34. The molecule has 0 aliphatic carbocycles. The van der Waals surface area contributed by atoms with Crippen LogP contribution in [0.25, 0.3) is 0 Å². The highest BCUT2D eigenvalue weighted by molar-refractivity contribution is 5.19. The summed E-state index contributed by atoms with van der Waals surface area (Å²) in [5.74, 6) is 0.603. The second kappa shape index (κ2) is 8.31. The molecule has 0 aromatic heterocycles. The predicted molar refractivity (Wildman–Crippen MR) is 68.8 cm³/mol. The third-order valence-electron chi connectivity index (χ3n) is 2.77. The van der Waals surface area contributed by atoms with E-state index >= 15 is 0 Å². The lowest BCUT2D eigenvalue weighted by molar-refractivity contribution is 0.142. The van der Waals surface area contributed by atoms with Gasteiger partial charge in [-0.25, -0.2) is 0 Å². The van der Waals surface area contributed by atoms with Crippen LogP contribution < -0.4 is 5.32 Å². The van der Waals surface area contributed by atoms with Gasteiger partial charge in [0, 0.05) is 19.8 Å². The van der Waals surface area contributed by atoms with Crippen molar-refractivity contribution in [3.05, 3.63) is 35.9 Å². The van der Waals surface area contributed by atoms with Crippen LogP contribution in [0.4, 0.5) is 0 Å². The van der Waals surface area contributed by atoms with Gasteiger partial charge in [0.2, 0.25) is 0 Å². The van der Waals surface area contributed by atoms with Crippen molar-refractivity contribution in [3.8, 4) is 0 Å². The van der Waals surface area contributed by atoms with Gasteiger partial charge in [-0.2, -0.15) is 0 Å². The minimum atomic E-state index is 0.603. The number of hydrogen-bond donors (Lipinski definition) is 1. The molecular weight excluding hydrogens is 198 g/mol. The molecule has 2 nitrogen and oxygen atoms in total. The van der Waals surface area contributed by atoms with Crippen molar-refractivity contribution in [3.63, 3.8) is 0 Å². The lowest BCUT2D eigenvalue weighted by Crippen LogP contribution is -2.17. The Balaban J connectivity index is 2.41. The molecule has 0 saturated heterocycles. The summed E-state index contributed by atoms with van der Waals surface area (Å²) >= 11 is 0. The van der Waals surface area contributed by atoms with Gasteiger partial charge in [0.25, 0.3) is 0 Å². The second-order valence-corrected chi connectivity index (χ2v) is 4.00. The van der Waals surface area contributed by atoms with Crippen LogP contribution in [0.15, 0.2) is 30.3 Å².